The van der Waals surface area contributed by atoms with Gasteiger partial charge in [-0.05, 0) is 74.0 Å². The minimum atomic E-state index is -0.357. The van der Waals surface area contributed by atoms with Gasteiger partial charge >= 0.3 is 0 Å². The molecule has 7 nitrogen and oxygen atoms in total. The summed E-state index contributed by atoms with van der Waals surface area (Å²) in [5.74, 6) is 2.03. The molecule has 4 heterocycles. The fraction of sp³-hybridized carbons (Fsp3) is 0.333. The molecule has 4 aromatic rings. The number of likely N-dealkylation sites (tertiary alicyclic amines) is 1. The van der Waals surface area contributed by atoms with Crippen molar-refractivity contribution >= 4 is 5.65 Å². The van der Waals surface area contributed by atoms with Gasteiger partial charge in [0.2, 0.25) is 0 Å². The van der Waals surface area contributed by atoms with E-state index in [1.807, 2.05) is 47.0 Å². The third-order valence-corrected chi connectivity index (χ3v) is 6.46. The van der Waals surface area contributed by atoms with Gasteiger partial charge in [0.25, 0.3) is 0 Å². The maximum absolute atomic E-state index is 14.7. The number of pyridine rings is 1. The van der Waals surface area contributed by atoms with Gasteiger partial charge in [0.05, 0.1) is 5.69 Å². The molecule has 6 rings (SSSR count). The van der Waals surface area contributed by atoms with E-state index in [2.05, 4.69) is 9.88 Å². The molecule has 1 fully saturated rings. The molecule has 1 saturated heterocycles. The Hall–Kier alpha value is -3.65. The zero-order valence-corrected chi connectivity index (χ0v) is 19.5. The third kappa shape index (κ3) is 4.66. The van der Waals surface area contributed by atoms with Crippen LogP contribution in [-0.4, -0.2) is 59.0 Å². The highest BCUT2D eigenvalue weighted by Crippen LogP contribution is 2.34. The quantitative estimate of drug-likeness (QED) is 0.396. The largest absolute Gasteiger partial charge is 0.489 e. The molecule has 2 aliphatic rings. The SMILES string of the molecule is Fc1cc(Cc2nc3cccc(-c4ccc5c(c4)OCCO5)n3n2)ccc1OCCN1CCCC1. The average Bonchev–Trinajstić information content (AvgIpc) is 3.54. The van der Waals surface area contributed by atoms with Crippen LogP contribution in [0.2, 0.25) is 0 Å². The highest BCUT2D eigenvalue weighted by Gasteiger charge is 2.16. The molecular formula is C27H27FN4O3. The van der Waals surface area contributed by atoms with Crippen molar-refractivity contribution < 1.29 is 18.6 Å². The molecule has 0 unspecified atom stereocenters. The molecule has 8 heteroatoms. The van der Waals surface area contributed by atoms with Crippen LogP contribution >= 0.6 is 0 Å². The molecule has 35 heavy (non-hydrogen) atoms. The van der Waals surface area contributed by atoms with Gasteiger partial charge in [-0.3, -0.25) is 4.90 Å². The molecule has 0 amide bonds. The number of nitrogens with zero attached hydrogens (tertiary/aromatic N) is 4. The maximum atomic E-state index is 14.7. The Kier molecular flexibility index (Phi) is 5.96. The molecule has 0 N–H and O–H groups in total. The number of hydrogen-bond donors (Lipinski definition) is 0. The Morgan fingerprint density at radius 2 is 1.80 bits per heavy atom. The predicted octanol–water partition coefficient (Wildman–Crippen LogP) is 4.37. The van der Waals surface area contributed by atoms with Crippen LogP contribution in [0.5, 0.6) is 17.2 Å². The molecule has 0 atom stereocenters. The van der Waals surface area contributed by atoms with E-state index in [0.29, 0.717) is 32.1 Å². The van der Waals surface area contributed by atoms with Crippen LogP contribution in [0.25, 0.3) is 16.9 Å². The normalized spacial score (nSPS) is 15.6. The smallest absolute Gasteiger partial charge is 0.165 e. The molecule has 2 aromatic carbocycles. The van der Waals surface area contributed by atoms with Gasteiger partial charge in [-0.25, -0.2) is 13.9 Å². The third-order valence-electron chi connectivity index (χ3n) is 6.46. The van der Waals surface area contributed by atoms with E-state index in [4.69, 9.17) is 19.3 Å². The number of fused-ring (bicyclic) bond motifs is 2. The summed E-state index contributed by atoms with van der Waals surface area (Å²) in [6.07, 6.45) is 2.89. The molecule has 0 spiro atoms. The zero-order chi connectivity index (χ0) is 23.6. The molecular weight excluding hydrogens is 447 g/mol. The second kappa shape index (κ2) is 9.54. The summed E-state index contributed by atoms with van der Waals surface area (Å²) in [6, 6.07) is 16.8. The summed E-state index contributed by atoms with van der Waals surface area (Å²) in [5, 5.41) is 4.72. The number of aromatic nitrogens is 3. The van der Waals surface area contributed by atoms with Gasteiger partial charge in [0.15, 0.2) is 34.5 Å². The standard InChI is InChI=1S/C27H27FN4O3/c28-21-16-19(6-8-23(21)33-13-12-31-10-1-2-11-31)17-26-29-27-5-3-4-22(32(27)30-26)20-7-9-24-25(18-20)35-15-14-34-24/h3-9,16,18H,1-2,10-15,17H2. The lowest BCUT2D eigenvalue weighted by molar-refractivity contribution is 0.171. The van der Waals surface area contributed by atoms with Crippen molar-refractivity contribution in [2.75, 3.05) is 39.5 Å². The lowest BCUT2D eigenvalue weighted by Crippen LogP contribution is -2.25. The van der Waals surface area contributed by atoms with Crippen molar-refractivity contribution in [1.82, 2.24) is 19.5 Å². The molecule has 0 bridgehead atoms. The summed E-state index contributed by atoms with van der Waals surface area (Å²) in [6.45, 7) is 4.62. The second-order valence-electron chi connectivity index (χ2n) is 8.91. The van der Waals surface area contributed by atoms with Crippen molar-refractivity contribution in [1.29, 1.82) is 0 Å². The maximum Gasteiger partial charge on any atom is 0.165 e. The number of halogens is 1. The summed E-state index contributed by atoms with van der Waals surface area (Å²) < 4.78 is 33.5. The first kappa shape index (κ1) is 21.9. The van der Waals surface area contributed by atoms with Gasteiger partial charge in [-0.1, -0.05) is 12.1 Å². The summed E-state index contributed by atoms with van der Waals surface area (Å²) in [5.41, 5.74) is 3.38. The first-order valence-electron chi connectivity index (χ1n) is 12.1. The Bertz CT molecular complexity index is 1350. The summed E-state index contributed by atoms with van der Waals surface area (Å²) in [7, 11) is 0. The van der Waals surface area contributed by atoms with Crippen LogP contribution in [0, 0.1) is 5.82 Å². The van der Waals surface area contributed by atoms with Gasteiger partial charge < -0.3 is 14.2 Å². The Morgan fingerprint density at radius 1 is 0.943 bits per heavy atom. The van der Waals surface area contributed by atoms with Crippen molar-refractivity contribution in [3.05, 3.63) is 71.8 Å². The van der Waals surface area contributed by atoms with Crippen molar-refractivity contribution in [3.63, 3.8) is 0 Å². The van der Waals surface area contributed by atoms with Crippen LogP contribution in [0.3, 0.4) is 0 Å². The van der Waals surface area contributed by atoms with Gasteiger partial charge in [0.1, 0.15) is 19.8 Å². The average molecular weight is 475 g/mol. The lowest BCUT2D eigenvalue weighted by atomic mass is 10.1. The Labute approximate surface area is 203 Å². The van der Waals surface area contributed by atoms with Crippen molar-refractivity contribution in [3.8, 4) is 28.5 Å². The van der Waals surface area contributed by atoms with Gasteiger partial charge in [-0.15, -0.1) is 0 Å². The molecule has 0 saturated carbocycles. The predicted molar refractivity (Wildman–Crippen MR) is 130 cm³/mol. The molecule has 2 aliphatic heterocycles. The monoisotopic (exact) mass is 474 g/mol. The summed E-state index contributed by atoms with van der Waals surface area (Å²) >= 11 is 0. The van der Waals surface area contributed by atoms with Crippen LogP contribution in [-0.2, 0) is 6.42 Å². The van der Waals surface area contributed by atoms with Crippen LogP contribution in [0.15, 0.2) is 54.6 Å². The number of hydrogen-bond acceptors (Lipinski definition) is 6. The van der Waals surface area contributed by atoms with E-state index in [1.165, 1.54) is 18.9 Å². The van der Waals surface area contributed by atoms with Crippen molar-refractivity contribution in [2.24, 2.45) is 0 Å². The zero-order valence-electron chi connectivity index (χ0n) is 19.5. The summed E-state index contributed by atoms with van der Waals surface area (Å²) in [4.78, 5) is 7.01. The minimum absolute atomic E-state index is 0.289. The highest BCUT2D eigenvalue weighted by molar-refractivity contribution is 5.66. The van der Waals surface area contributed by atoms with Gasteiger partial charge in [-0.2, -0.15) is 5.10 Å². The van der Waals surface area contributed by atoms with Crippen molar-refractivity contribution in [2.45, 2.75) is 19.3 Å². The van der Waals surface area contributed by atoms with E-state index in [0.717, 1.165) is 53.6 Å². The Balaban J connectivity index is 1.19. The first-order chi connectivity index (χ1) is 17.2. The second-order valence-corrected chi connectivity index (χ2v) is 8.91. The molecule has 0 radical (unpaired) electrons. The topological polar surface area (TPSA) is 61.1 Å². The van der Waals surface area contributed by atoms with E-state index in [-0.39, 0.29) is 11.6 Å². The van der Waals surface area contributed by atoms with Crippen LogP contribution in [0.4, 0.5) is 4.39 Å². The fourth-order valence-electron chi connectivity index (χ4n) is 4.69. The van der Waals surface area contributed by atoms with E-state index < -0.39 is 0 Å². The number of rotatable bonds is 7. The van der Waals surface area contributed by atoms with E-state index in [1.54, 1.807) is 6.07 Å². The van der Waals surface area contributed by atoms with Crippen LogP contribution < -0.4 is 14.2 Å². The highest BCUT2D eigenvalue weighted by atomic mass is 19.1. The number of benzene rings is 2. The fourth-order valence-corrected chi connectivity index (χ4v) is 4.69. The van der Waals surface area contributed by atoms with E-state index >= 15 is 0 Å². The minimum Gasteiger partial charge on any atom is -0.489 e. The molecule has 2 aromatic heterocycles. The number of ether oxygens (including phenoxy) is 3. The Morgan fingerprint density at radius 3 is 2.66 bits per heavy atom. The first-order valence-corrected chi connectivity index (χ1v) is 12.1. The molecule has 0 aliphatic carbocycles. The lowest BCUT2D eigenvalue weighted by Gasteiger charge is -2.19. The van der Waals surface area contributed by atoms with E-state index in [9.17, 15) is 4.39 Å². The van der Waals surface area contributed by atoms with Gasteiger partial charge in [0, 0.05) is 18.5 Å². The van der Waals surface area contributed by atoms with Crippen LogP contribution in [0.1, 0.15) is 24.2 Å². The molecule has 180 valence electrons.